The average molecular weight is 259 g/mol. The number of amides is 1. The summed E-state index contributed by atoms with van der Waals surface area (Å²) in [6.45, 7) is 1.91. The van der Waals surface area contributed by atoms with Gasteiger partial charge in [0.2, 0.25) is 5.91 Å². The zero-order valence-corrected chi connectivity index (χ0v) is 11.2. The maximum atomic E-state index is 11.5. The highest BCUT2D eigenvalue weighted by molar-refractivity contribution is 5.83. The Morgan fingerprint density at radius 1 is 1.11 bits per heavy atom. The maximum absolute atomic E-state index is 11.5. The average Bonchev–Trinajstić information content (AvgIpc) is 2.33. The number of aliphatic hydroxyl groups is 1. The molecule has 0 heterocycles. The van der Waals surface area contributed by atoms with Crippen molar-refractivity contribution in [2.45, 2.75) is 64.3 Å². The molecular formula is C13H25NO4. The van der Waals surface area contributed by atoms with E-state index in [0.717, 1.165) is 19.3 Å². The molecule has 0 aliphatic rings. The Balaban J connectivity index is 3.65. The van der Waals surface area contributed by atoms with Crippen LogP contribution in [0.4, 0.5) is 0 Å². The van der Waals surface area contributed by atoms with Gasteiger partial charge in [-0.2, -0.15) is 0 Å². The molecule has 0 saturated carbocycles. The lowest BCUT2D eigenvalue weighted by atomic mass is 10.1. The summed E-state index contributed by atoms with van der Waals surface area (Å²) in [5, 5.41) is 19.9. The van der Waals surface area contributed by atoms with Crippen LogP contribution in [0.25, 0.3) is 0 Å². The number of rotatable bonds is 11. The van der Waals surface area contributed by atoms with Crippen molar-refractivity contribution >= 4 is 11.9 Å². The smallest absolute Gasteiger partial charge is 0.326 e. The number of nitrogens with one attached hydrogen (secondary N) is 1. The molecular weight excluding hydrogens is 234 g/mol. The Kier molecular flexibility index (Phi) is 10.3. The molecule has 0 spiro atoms. The van der Waals surface area contributed by atoms with Gasteiger partial charge in [0.05, 0.1) is 0 Å². The Labute approximate surface area is 109 Å². The number of aliphatic hydroxyl groups excluding tert-OH is 1. The Hall–Kier alpha value is -1.10. The molecule has 0 aliphatic heterocycles. The fourth-order valence-corrected chi connectivity index (χ4v) is 1.72. The number of hydrogen-bond acceptors (Lipinski definition) is 3. The van der Waals surface area contributed by atoms with Gasteiger partial charge in [-0.15, -0.1) is 0 Å². The summed E-state index contributed by atoms with van der Waals surface area (Å²) in [6, 6.07) is -0.970. The molecule has 5 nitrogen and oxygen atoms in total. The van der Waals surface area contributed by atoms with Crippen LogP contribution in [-0.4, -0.2) is 34.7 Å². The first-order valence-electron chi connectivity index (χ1n) is 6.74. The number of hydrogen-bond donors (Lipinski definition) is 3. The van der Waals surface area contributed by atoms with Gasteiger partial charge in [-0.05, 0) is 6.42 Å². The molecule has 0 unspecified atom stereocenters. The monoisotopic (exact) mass is 259 g/mol. The Morgan fingerprint density at radius 2 is 1.72 bits per heavy atom. The third-order valence-electron chi connectivity index (χ3n) is 2.81. The highest BCUT2D eigenvalue weighted by Gasteiger charge is 2.18. The number of aliphatic carboxylic acids is 1. The van der Waals surface area contributed by atoms with Gasteiger partial charge in [-0.1, -0.05) is 39.0 Å². The summed E-state index contributed by atoms with van der Waals surface area (Å²) in [6.07, 6.45) is 6.96. The van der Waals surface area contributed by atoms with Gasteiger partial charge in [0.25, 0.3) is 0 Å². The van der Waals surface area contributed by atoms with E-state index in [9.17, 15) is 9.59 Å². The Bertz CT molecular complexity index is 243. The summed E-state index contributed by atoms with van der Waals surface area (Å²) >= 11 is 0. The first kappa shape index (κ1) is 16.9. The number of carboxylic acids is 1. The van der Waals surface area contributed by atoms with Crippen LogP contribution in [0, 0.1) is 0 Å². The fraction of sp³-hybridized carbons (Fsp3) is 0.846. The molecule has 5 heteroatoms. The van der Waals surface area contributed by atoms with E-state index < -0.39 is 12.0 Å². The zero-order chi connectivity index (χ0) is 13.8. The lowest BCUT2D eigenvalue weighted by Crippen LogP contribution is -2.41. The van der Waals surface area contributed by atoms with Crippen molar-refractivity contribution < 1.29 is 19.8 Å². The molecule has 0 aromatic heterocycles. The van der Waals surface area contributed by atoms with Crippen molar-refractivity contribution in [2.75, 3.05) is 6.61 Å². The molecule has 0 rings (SSSR count). The van der Waals surface area contributed by atoms with Gasteiger partial charge in [0, 0.05) is 19.4 Å². The highest BCUT2D eigenvalue weighted by Crippen LogP contribution is 2.07. The first-order chi connectivity index (χ1) is 8.61. The van der Waals surface area contributed by atoms with Crippen molar-refractivity contribution in [3.05, 3.63) is 0 Å². The summed E-state index contributed by atoms with van der Waals surface area (Å²) < 4.78 is 0. The van der Waals surface area contributed by atoms with Gasteiger partial charge in [0.15, 0.2) is 0 Å². The largest absolute Gasteiger partial charge is 0.480 e. The van der Waals surface area contributed by atoms with Crippen LogP contribution in [0.3, 0.4) is 0 Å². The molecule has 0 aliphatic carbocycles. The fourth-order valence-electron chi connectivity index (χ4n) is 1.72. The lowest BCUT2D eigenvalue weighted by molar-refractivity contribution is -0.142. The molecule has 0 fully saturated rings. The standard InChI is InChI=1S/C13H25NO4/c1-2-3-4-5-6-7-8-12(16)14-11(9-10-15)13(17)18/h11,15H,2-10H2,1H3,(H,14,16)(H,17,18)/t11-/m1/s1. The van der Waals surface area contributed by atoms with Crippen LogP contribution in [0.1, 0.15) is 58.3 Å². The first-order valence-corrected chi connectivity index (χ1v) is 6.74. The van der Waals surface area contributed by atoms with E-state index in [1.807, 2.05) is 0 Å². The van der Waals surface area contributed by atoms with E-state index in [2.05, 4.69) is 12.2 Å². The minimum absolute atomic E-state index is 0.0531. The molecule has 3 N–H and O–H groups in total. The molecule has 0 bridgehead atoms. The van der Waals surface area contributed by atoms with Gasteiger partial charge in [-0.3, -0.25) is 4.79 Å². The molecule has 1 amide bonds. The van der Waals surface area contributed by atoms with Gasteiger partial charge in [0.1, 0.15) is 6.04 Å². The molecule has 0 saturated heterocycles. The van der Waals surface area contributed by atoms with Gasteiger partial charge < -0.3 is 15.5 Å². The second-order valence-electron chi connectivity index (χ2n) is 4.49. The molecule has 106 valence electrons. The SMILES string of the molecule is CCCCCCCCC(=O)N[C@H](CCO)C(=O)O. The van der Waals surface area contributed by atoms with Crippen LogP contribution < -0.4 is 5.32 Å². The maximum Gasteiger partial charge on any atom is 0.326 e. The summed E-state index contributed by atoms with van der Waals surface area (Å²) in [7, 11) is 0. The highest BCUT2D eigenvalue weighted by atomic mass is 16.4. The summed E-state index contributed by atoms with van der Waals surface area (Å²) in [5.74, 6) is -1.34. The van der Waals surface area contributed by atoms with E-state index in [1.54, 1.807) is 0 Å². The predicted octanol–water partition coefficient (Wildman–Crippen LogP) is 1.69. The van der Waals surface area contributed by atoms with Crippen molar-refractivity contribution in [3.8, 4) is 0 Å². The van der Waals surface area contributed by atoms with E-state index in [4.69, 9.17) is 10.2 Å². The van der Waals surface area contributed by atoms with Gasteiger partial charge >= 0.3 is 5.97 Å². The second-order valence-corrected chi connectivity index (χ2v) is 4.49. The minimum atomic E-state index is -1.10. The number of carbonyl (C=O) groups is 2. The van der Waals surface area contributed by atoms with Crippen LogP contribution in [-0.2, 0) is 9.59 Å². The quantitative estimate of drug-likeness (QED) is 0.493. The normalized spacial score (nSPS) is 12.1. The topological polar surface area (TPSA) is 86.6 Å². The van der Waals surface area contributed by atoms with E-state index in [0.29, 0.717) is 6.42 Å². The number of carboxylic acid groups (broad SMARTS) is 1. The van der Waals surface area contributed by atoms with Crippen LogP contribution in [0.2, 0.25) is 0 Å². The van der Waals surface area contributed by atoms with E-state index >= 15 is 0 Å². The van der Waals surface area contributed by atoms with Crippen LogP contribution >= 0.6 is 0 Å². The summed E-state index contributed by atoms with van der Waals surface area (Å²) in [4.78, 5) is 22.2. The molecule has 0 radical (unpaired) electrons. The van der Waals surface area contributed by atoms with Crippen LogP contribution in [0.15, 0.2) is 0 Å². The van der Waals surface area contributed by atoms with Crippen molar-refractivity contribution in [1.82, 2.24) is 5.32 Å². The van der Waals surface area contributed by atoms with Crippen molar-refractivity contribution in [3.63, 3.8) is 0 Å². The van der Waals surface area contributed by atoms with Crippen molar-refractivity contribution in [1.29, 1.82) is 0 Å². The third kappa shape index (κ3) is 8.98. The molecule has 1 atom stereocenters. The van der Waals surface area contributed by atoms with E-state index in [1.165, 1.54) is 19.3 Å². The Morgan fingerprint density at radius 3 is 2.28 bits per heavy atom. The second kappa shape index (κ2) is 11.0. The van der Waals surface area contributed by atoms with Crippen LogP contribution in [0.5, 0.6) is 0 Å². The zero-order valence-electron chi connectivity index (χ0n) is 11.2. The van der Waals surface area contributed by atoms with Crippen molar-refractivity contribution in [2.24, 2.45) is 0 Å². The number of carbonyl (C=O) groups excluding carboxylic acids is 1. The van der Waals surface area contributed by atoms with Gasteiger partial charge in [-0.25, -0.2) is 4.79 Å². The molecule has 18 heavy (non-hydrogen) atoms. The lowest BCUT2D eigenvalue weighted by Gasteiger charge is -2.12. The van der Waals surface area contributed by atoms with E-state index in [-0.39, 0.29) is 18.9 Å². The minimum Gasteiger partial charge on any atom is -0.480 e. The third-order valence-corrected chi connectivity index (χ3v) is 2.81. The predicted molar refractivity (Wildman–Crippen MR) is 69.3 cm³/mol. The molecule has 0 aromatic rings. The molecule has 0 aromatic carbocycles. The number of unbranched alkanes of at least 4 members (excludes halogenated alkanes) is 5. The summed E-state index contributed by atoms with van der Waals surface area (Å²) in [5.41, 5.74) is 0.